The Hall–Kier alpha value is -1.20. The second kappa shape index (κ2) is 5.06. The summed E-state index contributed by atoms with van der Waals surface area (Å²) < 4.78 is 1.16. The largest absolute Gasteiger partial charge is 0.368 e. The minimum absolute atomic E-state index is 0.267. The molecule has 19 heavy (non-hydrogen) atoms. The van der Waals surface area contributed by atoms with Crippen molar-refractivity contribution < 1.29 is 0 Å². The van der Waals surface area contributed by atoms with Gasteiger partial charge in [0.05, 0.1) is 10.2 Å². The highest BCUT2D eigenvalue weighted by atomic mass is 32.1. The van der Waals surface area contributed by atoms with Gasteiger partial charge in [-0.05, 0) is 42.7 Å². The molecule has 0 atom stereocenters. The van der Waals surface area contributed by atoms with Crippen LogP contribution in [0.2, 0.25) is 0 Å². The predicted octanol–water partition coefficient (Wildman–Crippen LogP) is 2.93. The zero-order chi connectivity index (χ0) is 13.3. The first-order valence-corrected chi connectivity index (χ1v) is 7.75. The topological polar surface area (TPSA) is 63.8 Å². The van der Waals surface area contributed by atoms with E-state index in [0.717, 1.165) is 29.1 Å². The molecule has 0 unspecified atom stereocenters. The molecule has 0 aromatic carbocycles. The smallest absolute Gasteiger partial charge is 0.147 e. The number of hydrogen-bond donors (Lipinski definition) is 2. The van der Waals surface area contributed by atoms with Crippen molar-refractivity contribution in [2.75, 3.05) is 18.4 Å². The molecule has 0 aliphatic heterocycles. The lowest BCUT2D eigenvalue weighted by atomic mass is 9.86. The molecule has 2 heterocycles. The van der Waals surface area contributed by atoms with Gasteiger partial charge in [-0.25, -0.2) is 9.97 Å². The van der Waals surface area contributed by atoms with E-state index in [9.17, 15) is 0 Å². The predicted molar refractivity (Wildman–Crippen MR) is 80.6 cm³/mol. The van der Waals surface area contributed by atoms with Gasteiger partial charge in [-0.15, -0.1) is 11.3 Å². The summed E-state index contributed by atoms with van der Waals surface area (Å²) in [5, 5.41) is 5.65. The standard InChI is InChI=1S/C14H20N4S/c1-10-6-19-12-11(10)17-9-18-13(12)16-8-14(7-15)4-2-3-5-14/h6,9H,2-5,7-8,15H2,1H3,(H,16,17,18). The second-order valence-corrected chi connectivity index (χ2v) is 6.46. The Morgan fingerprint density at radius 1 is 1.37 bits per heavy atom. The van der Waals surface area contributed by atoms with Gasteiger partial charge in [-0.1, -0.05) is 12.8 Å². The average molecular weight is 276 g/mol. The molecule has 102 valence electrons. The highest BCUT2D eigenvalue weighted by Crippen LogP contribution is 2.38. The first-order valence-electron chi connectivity index (χ1n) is 6.87. The summed E-state index contributed by atoms with van der Waals surface area (Å²) in [5.41, 5.74) is 8.53. The summed E-state index contributed by atoms with van der Waals surface area (Å²) >= 11 is 1.71. The van der Waals surface area contributed by atoms with Crippen LogP contribution >= 0.6 is 11.3 Å². The number of nitrogens with two attached hydrogens (primary N) is 1. The van der Waals surface area contributed by atoms with Crippen molar-refractivity contribution in [2.24, 2.45) is 11.1 Å². The van der Waals surface area contributed by atoms with E-state index in [1.807, 2.05) is 0 Å². The maximum absolute atomic E-state index is 5.98. The van der Waals surface area contributed by atoms with Gasteiger partial charge in [-0.2, -0.15) is 0 Å². The maximum Gasteiger partial charge on any atom is 0.147 e. The molecule has 3 rings (SSSR count). The number of anilines is 1. The van der Waals surface area contributed by atoms with Crippen LogP contribution in [-0.4, -0.2) is 23.1 Å². The molecule has 5 heteroatoms. The van der Waals surface area contributed by atoms with Crippen LogP contribution in [0.15, 0.2) is 11.7 Å². The lowest BCUT2D eigenvalue weighted by Crippen LogP contribution is -2.34. The van der Waals surface area contributed by atoms with E-state index in [1.54, 1.807) is 17.7 Å². The van der Waals surface area contributed by atoms with E-state index in [2.05, 4.69) is 27.6 Å². The molecule has 4 nitrogen and oxygen atoms in total. The zero-order valence-electron chi connectivity index (χ0n) is 11.3. The molecule has 2 aromatic rings. The minimum atomic E-state index is 0.267. The number of thiophene rings is 1. The maximum atomic E-state index is 5.98. The number of aryl methyl sites for hydroxylation is 1. The molecule has 0 saturated heterocycles. The quantitative estimate of drug-likeness (QED) is 0.901. The lowest BCUT2D eigenvalue weighted by Gasteiger charge is -2.27. The molecule has 1 aliphatic carbocycles. The van der Waals surface area contributed by atoms with Gasteiger partial charge in [0.15, 0.2) is 0 Å². The van der Waals surface area contributed by atoms with Gasteiger partial charge in [0.2, 0.25) is 0 Å². The van der Waals surface area contributed by atoms with Crippen molar-refractivity contribution in [3.63, 3.8) is 0 Å². The molecule has 3 N–H and O–H groups in total. The Morgan fingerprint density at radius 3 is 2.89 bits per heavy atom. The fraction of sp³-hybridized carbons (Fsp3) is 0.571. The van der Waals surface area contributed by atoms with Gasteiger partial charge in [-0.3, -0.25) is 0 Å². The van der Waals surface area contributed by atoms with E-state index in [4.69, 9.17) is 5.73 Å². The number of nitrogens with zero attached hydrogens (tertiary/aromatic N) is 2. The highest BCUT2D eigenvalue weighted by molar-refractivity contribution is 7.18. The van der Waals surface area contributed by atoms with Crippen molar-refractivity contribution in [2.45, 2.75) is 32.6 Å². The molecule has 0 spiro atoms. The Kier molecular flexibility index (Phi) is 3.41. The highest BCUT2D eigenvalue weighted by Gasteiger charge is 2.32. The van der Waals surface area contributed by atoms with Gasteiger partial charge >= 0.3 is 0 Å². The molecule has 0 radical (unpaired) electrons. The molecular formula is C14H20N4S. The van der Waals surface area contributed by atoms with E-state index in [0.29, 0.717) is 0 Å². The van der Waals surface area contributed by atoms with Crippen LogP contribution in [0, 0.1) is 12.3 Å². The van der Waals surface area contributed by atoms with Gasteiger partial charge in [0, 0.05) is 6.54 Å². The van der Waals surface area contributed by atoms with Crippen molar-refractivity contribution in [3.8, 4) is 0 Å². The number of nitrogens with one attached hydrogen (secondary N) is 1. The van der Waals surface area contributed by atoms with Crippen LogP contribution in [0.5, 0.6) is 0 Å². The fourth-order valence-corrected chi connectivity index (χ4v) is 3.91. The van der Waals surface area contributed by atoms with Crippen molar-refractivity contribution >= 4 is 27.4 Å². The summed E-state index contributed by atoms with van der Waals surface area (Å²) in [4.78, 5) is 8.75. The Labute approximate surface area is 117 Å². The third-order valence-electron chi connectivity index (χ3n) is 4.26. The zero-order valence-corrected chi connectivity index (χ0v) is 12.1. The first-order chi connectivity index (χ1) is 9.24. The van der Waals surface area contributed by atoms with Crippen molar-refractivity contribution in [1.29, 1.82) is 0 Å². The minimum Gasteiger partial charge on any atom is -0.368 e. The summed E-state index contributed by atoms with van der Waals surface area (Å²) in [6.07, 6.45) is 6.71. The molecule has 1 fully saturated rings. The first kappa shape index (κ1) is 12.8. The van der Waals surface area contributed by atoms with Crippen LogP contribution in [-0.2, 0) is 0 Å². The Morgan fingerprint density at radius 2 is 2.16 bits per heavy atom. The third-order valence-corrected chi connectivity index (χ3v) is 5.35. The average Bonchev–Trinajstić information content (AvgIpc) is 3.05. The van der Waals surface area contributed by atoms with Crippen molar-refractivity contribution in [1.82, 2.24) is 9.97 Å². The van der Waals surface area contributed by atoms with Gasteiger partial charge in [0.25, 0.3) is 0 Å². The van der Waals surface area contributed by atoms with E-state index in [-0.39, 0.29) is 5.41 Å². The summed E-state index contributed by atoms with van der Waals surface area (Å²) in [5.74, 6) is 0.961. The van der Waals surface area contributed by atoms with Crippen molar-refractivity contribution in [3.05, 3.63) is 17.3 Å². The summed E-state index contributed by atoms with van der Waals surface area (Å²) in [7, 11) is 0. The molecule has 1 aliphatic rings. The van der Waals surface area contributed by atoms with E-state index >= 15 is 0 Å². The normalized spacial score (nSPS) is 18.0. The second-order valence-electron chi connectivity index (χ2n) is 5.58. The van der Waals surface area contributed by atoms with Crippen LogP contribution in [0.4, 0.5) is 5.82 Å². The summed E-state index contributed by atoms with van der Waals surface area (Å²) in [6, 6.07) is 0. The van der Waals surface area contributed by atoms with E-state index in [1.165, 1.54) is 31.2 Å². The van der Waals surface area contributed by atoms with Crippen LogP contribution in [0.25, 0.3) is 10.2 Å². The number of rotatable bonds is 4. The number of fused-ring (bicyclic) bond motifs is 1. The van der Waals surface area contributed by atoms with Crippen LogP contribution in [0.3, 0.4) is 0 Å². The van der Waals surface area contributed by atoms with E-state index < -0.39 is 0 Å². The molecule has 2 aromatic heterocycles. The summed E-state index contributed by atoms with van der Waals surface area (Å²) in [6.45, 7) is 3.78. The Bertz CT molecular complexity index is 572. The van der Waals surface area contributed by atoms with Gasteiger partial charge < -0.3 is 11.1 Å². The van der Waals surface area contributed by atoms with Crippen LogP contribution in [0.1, 0.15) is 31.2 Å². The number of aromatic nitrogens is 2. The fourth-order valence-electron chi connectivity index (χ4n) is 2.94. The monoisotopic (exact) mass is 276 g/mol. The molecular weight excluding hydrogens is 256 g/mol. The molecule has 0 amide bonds. The Balaban J connectivity index is 1.82. The van der Waals surface area contributed by atoms with Crippen LogP contribution < -0.4 is 11.1 Å². The van der Waals surface area contributed by atoms with Gasteiger partial charge in [0.1, 0.15) is 12.1 Å². The SMILES string of the molecule is Cc1csc2c(NCC3(CN)CCCC3)ncnc12. The third kappa shape index (κ3) is 2.32. The number of hydrogen-bond acceptors (Lipinski definition) is 5. The lowest BCUT2D eigenvalue weighted by molar-refractivity contribution is 0.332. The molecule has 0 bridgehead atoms. The molecule has 1 saturated carbocycles.